The number of rotatable bonds is 0. The molecule has 2 aromatic rings. The molecule has 0 fully saturated rings. The van der Waals surface area contributed by atoms with Gasteiger partial charge in [-0.2, -0.15) is 0 Å². The molecule has 2 nitrogen and oxygen atoms in total. The predicted octanol–water partition coefficient (Wildman–Crippen LogP) is 2.60. The van der Waals surface area contributed by atoms with E-state index in [2.05, 4.69) is 12.1 Å². The zero-order valence-electron chi connectivity index (χ0n) is 9.57. The fourth-order valence-electron chi connectivity index (χ4n) is 1.25. The Labute approximate surface area is 91.3 Å². The summed E-state index contributed by atoms with van der Waals surface area (Å²) in [6.07, 6.45) is 0. The third-order valence-electron chi connectivity index (χ3n) is 1.82. The first kappa shape index (κ1) is 11.5. The Balaban J connectivity index is 0.000000245. The summed E-state index contributed by atoms with van der Waals surface area (Å²) in [6.45, 7) is 0. The molecule has 0 aliphatic rings. The lowest BCUT2D eigenvalue weighted by Gasteiger charge is -1.98. The zero-order chi connectivity index (χ0) is 11.3. The Bertz CT molecular complexity index is 414. The smallest absolute Gasteiger partial charge is 0.0393 e. The van der Waals surface area contributed by atoms with Crippen LogP contribution in [-0.2, 0) is 0 Å². The number of nitrogens with zero attached hydrogens (tertiary/aromatic N) is 1. The highest BCUT2D eigenvalue weighted by molar-refractivity contribution is 5.92. The maximum absolute atomic E-state index is 5.76. The molecule has 2 aromatic carbocycles. The third kappa shape index (κ3) is 3.60. The maximum atomic E-state index is 5.76. The molecule has 2 N–H and O–H groups in total. The summed E-state index contributed by atoms with van der Waals surface area (Å²) >= 11 is 0. The van der Waals surface area contributed by atoms with E-state index in [-0.39, 0.29) is 0 Å². The largest absolute Gasteiger partial charge is 0.398 e. The molecule has 0 unspecified atom stereocenters. The first-order valence-corrected chi connectivity index (χ1v) is 4.95. The quantitative estimate of drug-likeness (QED) is 0.665. The summed E-state index contributed by atoms with van der Waals surface area (Å²) in [5.74, 6) is 0. The standard InChI is InChI=1S/C10H9N.C3H9N/c11-10-7-3-5-8-4-1-2-6-9(8)10;1-4(2)3/h1-7H,11H2;1-3H3. The number of nitrogen functional groups attached to an aromatic ring is 1. The lowest BCUT2D eigenvalue weighted by molar-refractivity contribution is 0.505. The Morgan fingerprint density at radius 1 is 0.867 bits per heavy atom. The lowest BCUT2D eigenvalue weighted by Crippen LogP contribution is -1.99. The van der Waals surface area contributed by atoms with E-state index in [1.807, 2.05) is 56.4 Å². The molecular weight excluding hydrogens is 184 g/mol. The number of fused-ring (bicyclic) bond motifs is 1. The minimum atomic E-state index is 0.850. The molecule has 0 bridgehead atoms. The van der Waals surface area contributed by atoms with Crippen molar-refractivity contribution in [2.75, 3.05) is 26.9 Å². The van der Waals surface area contributed by atoms with E-state index < -0.39 is 0 Å². The lowest BCUT2D eigenvalue weighted by atomic mass is 10.1. The SMILES string of the molecule is CN(C)C.Nc1cccc2ccccc12. The molecule has 0 saturated carbocycles. The molecule has 0 saturated heterocycles. The minimum absolute atomic E-state index is 0.850. The van der Waals surface area contributed by atoms with Crippen LogP contribution < -0.4 is 5.73 Å². The van der Waals surface area contributed by atoms with Crippen LogP contribution in [0.1, 0.15) is 0 Å². The zero-order valence-corrected chi connectivity index (χ0v) is 9.57. The van der Waals surface area contributed by atoms with E-state index >= 15 is 0 Å². The van der Waals surface area contributed by atoms with Crippen molar-refractivity contribution < 1.29 is 0 Å². The molecule has 0 radical (unpaired) electrons. The van der Waals surface area contributed by atoms with Crippen LogP contribution in [0.3, 0.4) is 0 Å². The van der Waals surface area contributed by atoms with Crippen molar-refractivity contribution in [2.45, 2.75) is 0 Å². The van der Waals surface area contributed by atoms with Crippen LogP contribution in [0.15, 0.2) is 42.5 Å². The van der Waals surface area contributed by atoms with Gasteiger partial charge in [-0.25, -0.2) is 0 Å². The van der Waals surface area contributed by atoms with Crippen molar-refractivity contribution in [3.8, 4) is 0 Å². The minimum Gasteiger partial charge on any atom is -0.398 e. The van der Waals surface area contributed by atoms with Gasteiger partial charge in [0.05, 0.1) is 0 Å². The average molecular weight is 202 g/mol. The number of hydrogen-bond donors (Lipinski definition) is 1. The fourth-order valence-corrected chi connectivity index (χ4v) is 1.25. The van der Waals surface area contributed by atoms with E-state index in [1.54, 1.807) is 0 Å². The highest BCUT2D eigenvalue weighted by atomic mass is 15.0. The van der Waals surface area contributed by atoms with Gasteiger partial charge in [0.1, 0.15) is 0 Å². The molecule has 0 aromatic heterocycles. The molecule has 15 heavy (non-hydrogen) atoms. The summed E-state index contributed by atoms with van der Waals surface area (Å²) in [5.41, 5.74) is 6.61. The van der Waals surface area contributed by atoms with Gasteiger partial charge < -0.3 is 10.6 Å². The van der Waals surface area contributed by atoms with Crippen LogP contribution >= 0.6 is 0 Å². The van der Waals surface area contributed by atoms with Crippen LogP contribution in [0.4, 0.5) is 5.69 Å². The first-order chi connectivity index (χ1) is 7.11. The Morgan fingerprint density at radius 2 is 1.40 bits per heavy atom. The number of benzene rings is 2. The maximum Gasteiger partial charge on any atom is 0.0393 e. The van der Waals surface area contributed by atoms with Crippen molar-refractivity contribution >= 4 is 16.5 Å². The molecule has 0 atom stereocenters. The highest BCUT2D eigenvalue weighted by Crippen LogP contribution is 2.19. The van der Waals surface area contributed by atoms with E-state index in [0.717, 1.165) is 11.1 Å². The van der Waals surface area contributed by atoms with E-state index in [0.29, 0.717) is 0 Å². The molecule has 0 spiro atoms. The van der Waals surface area contributed by atoms with Crippen molar-refractivity contribution in [3.63, 3.8) is 0 Å². The van der Waals surface area contributed by atoms with Crippen molar-refractivity contribution in [1.82, 2.24) is 4.90 Å². The summed E-state index contributed by atoms with van der Waals surface area (Å²) in [6, 6.07) is 14.1. The number of nitrogens with two attached hydrogens (primary N) is 1. The predicted molar refractivity (Wildman–Crippen MR) is 68.0 cm³/mol. The van der Waals surface area contributed by atoms with Crippen molar-refractivity contribution in [1.29, 1.82) is 0 Å². The van der Waals surface area contributed by atoms with Crippen LogP contribution in [0.25, 0.3) is 10.8 Å². The average Bonchev–Trinajstić information content (AvgIpc) is 2.18. The summed E-state index contributed by atoms with van der Waals surface area (Å²) in [5, 5.41) is 2.34. The fraction of sp³-hybridized carbons (Fsp3) is 0.231. The van der Waals surface area contributed by atoms with Crippen LogP contribution in [0.2, 0.25) is 0 Å². The molecular formula is C13H18N2. The monoisotopic (exact) mass is 202 g/mol. The Kier molecular flexibility index (Phi) is 4.13. The molecule has 0 amide bonds. The van der Waals surface area contributed by atoms with Gasteiger partial charge in [-0.15, -0.1) is 0 Å². The molecule has 2 heteroatoms. The number of hydrogen-bond acceptors (Lipinski definition) is 2. The topological polar surface area (TPSA) is 29.3 Å². The summed E-state index contributed by atoms with van der Waals surface area (Å²) in [4.78, 5) is 2.00. The van der Waals surface area contributed by atoms with Crippen LogP contribution in [-0.4, -0.2) is 26.0 Å². The molecule has 0 aliphatic heterocycles. The van der Waals surface area contributed by atoms with Gasteiger partial charge >= 0.3 is 0 Å². The number of anilines is 1. The van der Waals surface area contributed by atoms with Crippen LogP contribution in [0.5, 0.6) is 0 Å². The summed E-state index contributed by atoms with van der Waals surface area (Å²) in [7, 11) is 6.00. The molecule has 0 heterocycles. The highest BCUT2D eigenvalue weighted by Gasteiger charge is 1.92. The van der Waals surface area contributed by atoms with Crippen LogP contribution in [0, 0.1) is 0 Å². The normalized spacial score (nSPS) is 9.87. The van der Waals surface area contributed by atoms with Gasteiger partial charge in [0, 0.05) is 11.1 Å². The van der Waals surface area contributed by atoms with Gasteiger partial charge in [0.2, 0.25) is 0 Å². The van der Waals surface area contributed by atoms with Gasteiger partial charge in [-0.1, -0.05) is 36.4 Å². The second kappa shape index (κ2) is 5.37. The second-order valence-corrected chi connectivity index (χ2v) is 3.91. The van der Waals surface area contributed by atoms with E-state index in [4.69, 9.17) is 5.73 Å². The van der Waals surface area contributed by atoms with Gasteiger partial charge in [-0.3, -0.25) is 0 Å². The van der Waals surface area contributed by atoms with Gasteiger partial charge in [-0.05, 0) is 32.6 Å². The third-order valence-corrected chi connectivity index (χ3v) is 1.82. The Hall–Kier alpha value is -1.54. The van der Waals surface area contributed by atoms with Gasteiger partial charge in [0.25, 0.3) is 0 Å². The van der Waals surface area contributed by atoms with Gasteiger partial charge in [0.15, 0.2) is 0 Å². The molecule has 2 rings (SSSR count). The van der Waals surface area contributed by atoms with E-state index in [9.17, 15) is 0 Å². The van der Waals surface area contributed by atoms with Crippen molar-refractivity contribution in [3.05, 3.63) is 42.5 Å². The van der Waals surface area contributed by atoms with Crippen molar-refractivity contribution in [2.24, 2.45) is 0 Å². The molecule has 80 valence electrons. The van der Waals surface area contributed by atoms with E-state index in [1.165, 1.54) is 5.39 Å². The second-order valence-electron chi connectivity index (χ2n) is 3.91. The first-order valence-electron chi connectivity index (χ1n) is 4.95. The Morgan fingerprint density at radius 3 is 2.00 bits per heavy atom. The summed E-state index contributed by atoms with van der Waals surface area (Å²) < 4.78 is 0. The molecule has 0 aliphatic carbocycles.